The predicted molar refractivity (Wildman–Crippen MR) is 128 cm³/mol. The number of fused-ring (bicyclic) bond motifs is 1. The van der Waals surface area contributed by atoms with Crippen LogP contribution in [0.4, 0.5) is 5.95 Å². The van der Waals surface area contributed by atoms with E-state index >= 15 is 0 Å². The van der Waals surface area contributed by atoms with Crippen molar-refractivity contribution in [2.24, 2.45) is 11.7 Å². The van der Waals surface area contributed by atoms with Crippen LogP contribution >= 0.6 is 11.6 Å². The zero-order valence-electron chi connectivity index (χ0n) is 19.4. The molecule has 3 aliphatic heterocycles. The molecule has 11 nitrogen and oxygen atoms in total. The number of aryl methyl sites for hydroxylation is 1. The number of nitrogens with two attached hydrogens (primary N) is 1. The summed E-state index contributed by atoms with van der Waals surface area (Å²) >= 11 is 5.99. The Bertz CT molecular complexity index is 1240. The van der Waals surface area contributed by atoms with Gasteiger partial charge in [0, 0.05) is 29.9 Å². The molecule has 35 heavy (non-hydrogen) atoms. The van der Waals surface area contributed by atoms with Crippen LogP contribution in [0.15, 0.2) is 28.8 Å². The fourth-order valence-electron chi connectivity index (χ4n) is 4.89. The van der Waals surface area contributed by atoms with Crippen molar-refractivity contribution in [3.8, 4) is 0 Å². The first-order valence-electron chi connectivity index (χ1n) is 11.8. The van der Waals surface area contributed by atoms with Gasteiger partial charge in [-0.1, -0.05) is 28.9 Å². The number of carbonyl (C=O) groups excluding carboxylic acids is 1. The number of nitrogens with one attached hydrogen (secondary N) is 1. The Hall–Kier alpha value is -3.15. The Balaban J connectivity index is 1.11. The van der Waals surface area contributed by atoms with E-state index in [2.05, 4.69) is 25.5 Å². The van der Waals surface area contributed by atoms with Crippen molar-refractivity contribution in [2.75, 3.05) is 43.2 Å². The van der Waals surface area contributed by atoms with Gasteiger partial charge in [-0.25, -0.2) is 9.66 Å². The molecule has 3 aromatic rings. The summed E-state index contributed by atoms with van der Waals surface area (Å²) in [6.07, 6.45) is 0.726. The van der Waals surface area contributed by atoms with Gasteiger partial charge < -0.3 is 30.2 Å². The molecule has 6 rings (SSSR count). The van der Waals surface area contributed by atoms with Crippen molar-refractivity contribution in [1.82, 2.24) is 24.7 Å². The number of hydrogen-bond acceptors (Lipinski definition) is 9. The van der Waals surface area contributed by atoms with Crippen LogP contribution in [0.1, 0.15) is 51.9 Å². The number of imidazole rings is 1. The summed E-state index contributed by atoms with van der Waals surface area (Å²) in [4.78, 5) is 26.2. The summed E-state index contributed by atoms with van der Waals surface area (Å²) in [5.74, 6) is 2.13. The third-order valence-corrected chi connectivity index (χ3v) is 7.18. The Morgan fingerprint density at radius 1 is 1.23 bits per heavy atom. The first-order valence-corrected chi connectivity index (χ1v) is 12.1. The molecule has 184 valence electrons. The minimum absolute atomic E-state index is 0.0310. The summed E-state index contributed by atoms with van der Waals surface area (Å²) in [7, 11) is 0. The number of rotatable bonds is 6. The molecule has 0 spiro atoms. The number of hydrogen-bond donors (Lipinski definition) is 2. The third kappa shape index (κ3) is 4.03. The van der Waals surface area contributed by atoms with Crippen molar-refractivity contribution in [3.63, 3.8) is 0 Å². The zero-order chi connectivity index (χ0) is 24.1. The molecule has 2 fully saturated rings. The van der Waals surface area contributed by atoms with Crippen LogP contribution in [0.3, 0.4) is 0 Å². The molecular formula is C23H27ClN8O3. The summed E-state index contributed by atoms with van der Waals surface area (Å²) in [6, 6.07) is 7.67. The predicted octanol–water partition coefficient (Wildman–Crippen LogP) is 2.03. The van der Waals surface area contributed by atoms with Crippen molar-refractivity contribution < 1.29 is 14.1 Å². The second kappa shape index (κ2) is 8.81. The molecule has 2 atom stereocenters. The molecule has 3 N–H and O–H groups in total. The van der Waals surface area contributed by atoms with E-state index in [9.17, 15) is 4.79 Å². The highest BCUT2D eigenvalue weighted by molar-refractivity contribution is 6.30. The van der Waals surface area contributed by atoms with Gasteiger partial charge in [0.2, 0.25) is 11.8 Å². The highest BCUT2D eigenvalue weighted by atomic mass is 35.5. The standard InChI is InChI=1S/C23H27ClN8O3/c1-13-20-22(33)31(12-26-32(20)23(27-13)30-8-14(7-25)9-30)10-19-28-21(29-35-19)16-6-18(34-11-16)15-2-4-17(24)5-3-15/h2-5,14,16,18,26H,6-12,25H2,1H3/t16-,18+/m0/s1. The molecule has 5 heterocycles. The average Bonchev–Trinajstić information content (AvgIpc) is 3.55. The van der Waals surface area contributed by atoms with Crippen LogP contribution in [0.5, 0.6) is 0 Å². The summed E-state index contributed by atoms with van der Waals surface area (Å²) in [5, 5.41) is 4.87. The molecule has 0 saturated carbocycles. The third-order valence-electron chi connectivity index (χ3n) is 6.93. The zero-order valence-corrected chi connectivity index (χ0v) is 20.1. The maximum atomic E-state index is 13.3. The minimum atomic E-state index is -0.123. The number of benzene rings is 1. The van der Waals surface area contributed by atoms with Gasteiger partial charge in [-0.2, -0.15) is 4.98 Å². The number of amides is 1. The number of aromatic nitrogens is 4. The molecule has 12 heteroatoms. The van der Waals surface area contributed by atoms with Crippen LogP contribution in [0, 0.1) is 12.8 Å². The summed E-state index contributed by atoms with van der Waals surface area (Å²) < 4.78 is 13.2. The molecule has 1 amide bonds. The molecular weight excluding hydrogens is 472 g/mol. The normalized spacial score (nSPS) is 22.3. The number of anilines is 1. The number of halogens is 1. The van der Waals surface area contributed by atoms with Gasteiger partial charge in [-0.15, -0.1) is 0 Å². The van der Waals surface area contributed by atoms with E-state index in [-0.39, 0.29) is 24.5 Å². The van der Waals surface area contributed by atoms with Gasteiger partial charge in [0.15, 0.2) is 11.5 Å². The van der Waals surface area contributed by atoms with Crippen molar-refractivity contribution in [3.05, 3.63) is 58.0 Å². The van der Waals surface area contributed by atoms with Gasteiger partial charge in [-0.3, -0.25) is 4.79 Å². The largest absolute Gasteiger partial charge is 0.373 e. The first kappa shape index (κ1) is 22.3. The Morgan fingerprint density at radius 2 is 2.03 bits per heavy atom. The van der Waals surface area contributed by atoms with Gasteiger partial charge in [-0.05, 0) is 37.6 Å². The van der Waals surface area contributed by atoms with Gasteiger partial charge in [0.25, 0.3) is 5.91 Å². The molecule has 0 unspecified atom stereocenters. The van der Waals surface area contributed by atoms with Crippen LogP contribution in [0.25, 0.3) is 0 Å². The lowest BCUT2D eigenvalue weighted by Gasteiger charge is -2.40. The SMILES string of the molecule is Cc1nc(N2CC(CN)C2)n2c1C(=O)N(Cc1nc([C@@H]3CO[C@@H](c4ccc(Cl)cc4)C3)no1)CN2. The first-order chi connectivity index (χ1) is 17.0. The van der Waals surface area contributed by atoms with Crippen LogP contribution in [0.2, 0.25) is 5.02 Å². The summed E-state index contributed by atoms with van der Waals surface area (Å²) in [6.45, 7) is 5.24. The highest BCUT2D eigenvalue weighted by Crippen LogP contribution is 2.37. The Morgan fingerprint density at radius 3 is 2.80 bits per heavy atom. The molecule has 2 aromatic heterocycles. The lowest BCUT2D eigenvalue weighted by Crippen LogP contribution is -2.52. The van der Waals surface area contributed by atoms with Crippen molar-refractivity contribution >= 4 is 23.5 Å². The van der Waals surface area contributed by atoms with Gasteiger partial charge in [0.1, 0.15) is 13.2 Å². The summed E-state index contributed by atoms with van der Waals surface area (Å²) in [5.41, 5.74) is 11.3. The van der Waals surface area contributed by atoms with E-state index in [0.29, 0.717) is 53.9 Å². The van der Waals surface area contributed by atoms with E-state index < -0.39 is 0 Å². The van der Waals surface area contributed by atoms with E-state index in [4.69, 9.17) is 26.6 Å². The number of nitrogens with zero attached hydrogens (tertiary/aromatic N) is 6. The topological polar surface area (TPSA) is 128 Å². The highest BCUT2D eigenvalue weighted by Gasteiger charge is 2.36. The van der Waals surface area contributed by atoms with Crippen molar-refractivity contribution in [1.29, 1.82) is 0 Å². The molecule has 3 aliphatic rings. The maximum absolute atomic E-state index is 13.3. The van der Waals surface area contributed by atoms with Crippen LogP contribution < -0.4 is 16.1 Å². The Kier molecular flexibility index (Phi) is 5.62. The van der Waals surface area contributed by atoms with Crippen LogP contribution in [-0.4, -0.2) is 63.5 Å². The smallest absolute Gasteiger partial charge is 0.276 e. The second-order valence-electron chi connectivity index (χ2n) is 9.36. The fraction of sp³-hybridized carbons (Fsp3) is 0.478. The average molecular weight is 499 g/mol. The maximum Gasteiger partial charge on any atom is 0.276 e. The van der Waals surface area contributed by atoms with E-state index in [1.165, 1.54) is 0 Å². The lowest BCUT2D eigenvalue weighted by atomic mass is 10.0. The van der Waals surface area contributed by atoms with E-state index in [1.54, 1.807) is 9.58 Å². The molecule has 1 aromatic carbocycles. The minimum Gasteiger partial charge on any atom is -0.373 e. The molecule has 0 radical (unpaired) electrons. The number of carbonyl (C=O) groups is 1. The monoisotopic (exact) mass is 498 g/mol. The molecule has 0 bridgehead atoms. The quantitative estimate of drug-likeness (QED) is 0.524. The van der Waals surface area contributed by atoms with E-state index in [1.807, 2.05) is 31.2 Å². The van der Waals surface area contributed by atoms with Crippen molar-refractivity contribution in [2.45, 2.75) is 31.9 Å². The number of ether oxygens (including phenoxy) is 1. The van der Waals surface area contributed by atoms with Crippen LogP contribution in [-0.2, 0) is 11.3 Å². The second-order valence-corrected chi connectivity index (χ2v) is 9.80. The Labute approximate surface area is 207 Å². The van der Waals surface area contributed by atoms with Gasteiger partial charge in [0.05, 0.1) is 18.4 Å². The lowest BCUT2D eigenvalue weighted by molar-refractivity contribution is 0.0696. The fourth-order valence-corrected chi connectivity index (χ4v) is 5.02. The van der Waals surface area contributed by atoms with Gasteiger partial charge >= 0.3 is 0 Å². The molecule has 2 saturated heterocycles. The molecule has 0 aliphatic carbocycles. The van der Waals surface area contributed by atoms with E-state index in [0.717, 1.165) is 31.0 Å².